The van der Waals surface area contributed by atoms with Crippen LogP contribution in [0.15, 0.2) is 42.5 Å². The van der Waals surface area contributed by atoms with Crippen molar-refractivity contribution in [3.8, 4) is 0 Å². The summed E-state index contributed by atoms with van der Waals surface area (Å²) in [6, 6.07) is 14.2. The quantitative estimate of drug-likeness (QED) is 0.585. The van der Waals surface area contributed by atoms with Gasteiger partial charge in [-0.2, -0.15) is 0 Å². The largest absolute Gasteiger partial charge is 0.465 e. The van der Waals surface area contributed by atoms with E-state index in [9.17, 15) is 18.3 Å². The Kier molecular flexibility index (Phi) is 5.19. The number of hydrogen-bond donors (Lipinski definition) is 1. The highest BCUT2D eigenvalue weighted by atomic mass is 32.2. The van der Waals surface area contributed by atoms with Crippen LogP contribution in [0, 0.1) is 5.41 Å². The van der Waals surface area contributed by atoms with Crippen LogP contribution in [0.25, 0.3) is 11.0 Å². The summed E-state index contributed by atoms with van der Waals surface area (Å²) in [4.78, 5) is 20.9. The second-order valence-electron chi connectivity index (χ2n) is 10.6. The molecule has 3 aliphatic rings. The molecule has 0 aliphatic carbocycles. The fraction of sp³-hybridized carbons (Fsp3) is 0.462. The smallest absolute Gasteiger partial charge is 0.412 e. The molecule has 0 bridgehead atoms. The molecule has 9 heteroatoms. The number of amides is 1. The van der Waals surface area contributed by atoms with E-state index in [-0.39, 0.29) is 11.5 Å². The molecule has 1 atom stereocenters. The highest BCUT2D eigenvalue weighted by Gasteiger charge is 2.55. The van der Waals surface area contributed by atoms with E-state index in [2.05, 4.69) is 21.6 Å². The molecule has 2 saturated heterocycles. The van der Waals surface area contributed by atoms with Crippen LogP contribution in [-0.4, -0.2) is 71.3 Å². The van der Waals surface area contributed by atoms with Crippen molar-refractivity contribution < 1.29 is 18.3 Å². The van der Waals surface area contributed by atoms with E-state index in [1.165, 1.54) is 10.5 Å². The van der Waals surface area contributed by atoms with Gasteiger partial charge in [0.2, 0.25) is 0 Å². The lowest BCUT2D eigenvalue weighted by molar-refractivity contribution is 0.0224. The van der Waals surface area contributed by atoms with Gasteiger partial charge in [-0.3, -0.25) is 4.90 Å². The molecule has 3 aliphatic heterocycles. The van der Waals surface area contributed by atoms with Gasteiger partial charge in [0.1, 0.15) is 5.82 Å². The number of sulfone groups is 1. The maximum atomic E-state index is 12.0. The molecule has 0 radical (unpaired) electrons. The van der Waals surface area contributed by atoms with Crippen molar-refractivity contribution in [2.45, 2.75) is 38.8 Å². The van der Waals surface area contributed by atoms with Gasteiger partial charge in [0.05, 0.1) is 28.2 Å². The zero-order valence-electron chi connectivity index (χ0n) is 19.9. The highest BCUT2D eigenvalue weighted by molar-refractivity contribution is 7.92. The van der Waals surface area contributed by atoms with Crippen LogP contribution in [-0.2, 0) is 29.2 Å². The first-order valence-electron chi connectivity index (χ1n) is 12.2. The molecule has 2 aromatic carbocycles. The van der Waals surface area contributed by atoms with Crippen molar-refractivity contribution in [1.82, 2.24) is 14.5 Å². The molecule has 4 heterocycles. The summed E-state index contributed by atoms with van der Waals surface area (Å²) in [6.45, 7) is 5.24. The minimum atomic E-state index is -2.81. The molecule has 1 aromatic heterocycles. The van der Waals surface area contributed by atoms with Gasteiger partial charge in [-0.15, -0.1) is 0 Å². The SMILES string of the molecule is C[C@H]1CCc2c(ccc3c2nc(Cc2ccccc2)n3CCN2CC3(C2)CS(=O)(=O)C3)N1C(=O)O. The van der Waals surface area contributed by atoms with E-state index in [1.807, 2.05) is 37.3 Å². The van der Waals surface area contributed by atoms with Gasteiger partial charge in [0, 0.05) is 49.6 Å². The Morgan fingerprint density at radius 3 is 2.54 bits per heavy atom. The number of anilines is 1. The van der Waals surface area contributed by atoms with Gasteiger partial charge >= 0.3 is 6.09 Å². The van der Waals surface area contributed by atoms with Crippen LogP contribution in [0.3, 0.4) is 0 Å². The summed E-state index contributed by atoms with van der Waals surface area (Å²) in [5.74, 6) is 1.63. The van der Waals surface area contributed by atoms with Gasteiger partial charge in [-0.25, -0.2) is 18.2 Å². The summed E-state index contributed by atoms with van der Waals surface area (Å²) in [7, 11) is -2.81. The highest BCUT2D eigenvalue weighted by Crippen LogP contribution is 2.41. The van der Waals surface area contributed by atoms with Crippen LogP contribution in [0.4, 0.5) is 10.5 Å². The molecule has 1 N–H and O–H groups in total. The second-order valence-corrected chi connectivity index (χ2v) is 12.6. The number of imidazole rings is 1. The first kappa shape index (κ1) is 22.5. The van der Waals surface area contributed by atoms with Crippen LogP contribution < -0.4 is 4.90 Å². The Morgan fingerprint density at radius 2 is 1.86 bits per heavy atom. The topological polar surface area (TPSA) is 95.7 Å². The number of likely N-dealkylation sites (tertiary alicyclic amines) is 1. The first-order chi connectivity index (χ1) is 16.7. The lowest BCUT2D eigenvalue weighted by atomic mass is 9.83. The minimum absolute atomic E-state index is 0.0151. The number of nitrogens with zero attached hydrogens (tertiary/aromatic N) is 4. The fourth-order valence-corrected chi connectivity index (χ4v) is 8.45. The molecular weight excluding hydrogens is 464 g/mol. The summed E-state index contributed by atoms with van der Waals surface area (Å²) in [5, 5.41) is 9.82. The Balaban J connectivity index is 1.32. The minimum Gasteiger partial charge on any atom is -0.465 e. The Hall–Kier alpha value is -2.91. The van der Waals surface area contributed by atoms with Crippen LogP contribution in [0.2, 0.25) is 0 Å². The van der Waals surface area contributed by atoms with Crippen molar-refractivity contribution in [1.29, 1.82) is 0 Å². The fourth-order valence-electron chi connectivity index (χ4n) is 6.31. The van der Waals surface area contributed by atoms with Crippen molar-refractivity contribution in [3.05, 3.63) is 59.4 Å². The average molecular weight is 495 g/mol. The molecule has 1 spiro atoms. The molecule has 2 fully saturated rings. The lowest BCUT2D eigenvalue weighted by Crippen LogP contribution is -2.68. The Morgan fingerprint density at radius 1 is 1.11 bits per heavy atom. The normalized spacial score (nSPS) is 22.5. The summed E-state index contributed by atoms with van der Waals surface area (Å²) >= 11 is 0. The molecule has 3 aromatic rings. The lowest BCUT2D eigenvalue weighted by Gasteiger charge is -2.55. The zero-order chi connectivity index (χ0) is 24.4. The number of aromatic nitrogens is 2. The number of benzene rings is 2. The number of carbonyl (C=O) groups is 1. The summed E-state index contributed by atoms with van der Waals surface area (Å²) in [6.07, 6.45) is 1.36. The first-order valence-corrected chi connectivity index (χ1v) is 14.1. The van der Waals surface area contributed by atoms with Gasteiger partial charge in [-0.05, 0) is 37.5 Å². The van der Waals surface area contributed by atoms with Gasteiger partial charge in [-0.1, -0.05) is 30.3 Å². The summed E-state index contributed by atoms with van der Waals surface area (Å²) < 4.78 is 25.6. The van der Waals surface area contributed by atoms with Crippen LogP contribution in [0.1, 0.15) is 30.3 Å². The zero-order valence-corrected chi connectivity index (χ0v) is 20.7. The number of carboxylic acid groups (broad SMARTS) is 1. The molecule has 184 valence electrons. The third kappa shape index (κ3) is 3.90. The molecule has 8 nitrogen and oxygen atoms in total. The number of rotatable bonds is 5. The van der Waals surface area contributed by atoms with E-state index in [1.54, 1.807) is 0 Å². The summed E-state index contributed by atoms with van der Waals surface area (Å²) in [5.41, 5.74) is 4.86. The van der Waals surface area contributed by atoms with Crippen LogP contribution in [0.5, 0.6) is 0 Å². The molecule has 6 rings (SSSR count). The predicted molar refractivity (Wildman–Crippen MR) is 135 cm³/mol. The monoisotopic (exact) mass is 494 g/mol. The third-order valence-corrected chi connectivity index (χ3v) is 9.92. The van der Waals surface area contributed by atoms with Gasteiger partial charge < -0.3 is 14.6 Å². The van der Waals surface area contributed by atoms with E-state index in [0.29, 0.717) is 17.9 Å². The third-order valence-electron chi connectivity index (χ3n) is 7.81. The van der Waals surface area contributed by atoms with Crippen molar-refractivity contribution >= 4 is 32.7 Å². The number of fused-ring (bicyclic) bond motifs is 3. The average Bonchev–Trinajstić information content (AvgIpc) is 3.11. The van der Waals surface area contributed by atoms with E-state index < -0.39 is 15.9 Å². The molecule has 35 heavy (non-hydrogen) atoms. The van der Waals surface area contributed by atoms with Crippen LogP contribution >= 0.6 is 0 Å². The van der Waals surface area contributed by atoms with Crippen molar-refractivity contribution in [2.75, 3.05) is 36.0 Å². The number of hydrogen-bond acceptors (Lipinski definition) is 5. The molecule has 0 saturated carbocycles. The molecule has 1 amide bonds. The maximum Gasteiger partial charge on any atom is 0.412 e. The Labute approximate surface area is 205 Å². The predicted octanol–water partition coefficient (Wildman–Crippen LogP) is 3.18. The van der Waals surface area contributed by atoms with E-state index in [4.69, 9.17) is 4.98 Å². The van der Waals surface area contributed by atoms with Crippen molar-refractivity contribution in [2.24, 2.45) is 5.41 Å². The maximum absolute atomic E-state index is 12.0. The number of aryl methyl sites for hydroxylation is 1. The van der Waals surface area contributed by atoms with E-state index >= 15 is 0 Å². The standard InChI is InChI=1S/C26H30N4O4S/c1-18-7-8-20-21(30(18)25(31)32)9-10-22-24(20)27-23(13-19-5-3-2-4-6-19)29(22)12-11-28-14-26(15-28)16-35(33,34)17-26/h2-6,9-10,18H,7-8,11-17H2,1H3,(H,31,32)/t18-/m0/s1. The molecular formula is C26H30N4O4S. The van der Waals surface area contributed by atoms with Crippen molar-refractivity contribution in [3.63, 3.8) is 0 Å². The van der Waals surface area contributed by atoms with E-state index in [0.717, 1.165) is 67.1 Å². The molecule has 0 unspecified atom stereocenters. The second kappa shape index (κ2) is 8.06. The van der Waals surface area contributed by atoms with Gasteiger partial charge in [0.15, 0.2) is 9.84 Å². The van der Waals surface area contributed by atoms with Gasteiger partial charge in [0.25, 0.3) is 0 Å². The Bertz CT molecular complexity index is 1400.